The lowest BCUT2D eigenvalue weighted by Gasteiger charge is -2.30. The highest BCUT2D eigenvalue weighted by atomic mass is 16.5. The van der Waals surface area contributed by atoms with Crippen molar-refractivity contribution in [1.29, 1.82) is 0 Å². The number of esters is 2. The Bertz CT molecular complexity index is 469. The molecule has 0 spiro atoms. The van der Waals surface area contributed by atoms with E-state index in [1.807, 2.05) is 0 Å². The highest BCUT2D eigenvalue weighted by Gasteiger charge is 2.57. The molecular formula is C17H22O4. The predicted molar refractivity (Wildman–Crippen MR) is 77.2 cm³/mol. The van der Waals surface area contributed by atoms with E-state index in [0.717, 1.165) is 25.2 Å². The quantitative estimate of drug-likeness (QED) is 0.576. The first kappa shape index (κ1) is 14.4. The normalized spacial score (nSPS) is 39.6. The van der Waals surface area contributed by atoms with Crippen LogP contribution in [0.25, 0.3) is 0 Å². The van der Waals surface area contributed by atoms with Gasteiger partial charge in [-0.2, -0.15) is 0 Å². The SMILES string of the molecule is C=CC(=O)OCC1CC2C3CC(CC3OC(=O)C=C)[C@H]2C1. The zero-order valence-corrected chi connectivity index (χ0v) is 12.2. The van der Waals surface area contributed by atoms with Crippen LogP contribution in [-0.4, -0.2) is 24.6 Å². The van der Waals surface area contributed by atoms with E-state index in [-0.39, 0.29) is 18.0 Å². The number of carbonyl (C=O) groups excluding carboxylic acids is 2. The molecule has 0 amide bonds. The van der Waals surface area contributed by atoms with Gasteiger partial charge < -0.3 is 9.47 Å². The number of ether oxygens (including phenoxy) is 2. The summed E-state index contributed by atoms with van der Waals surface area (Å²) in [5.74, 6) is 2.31. The summed E-state index contributed by atoms with van der Waals surface area (Å²) in [7, 11) is 0. The molecule has 0 heterocycles. The summed E-state index contributed by atoms with van der Waals surface area (Å²) in [5, 5.41) is 0. The van der Waals surface area contributed by atoms with Crippen molar-refractivity contribution in [2.45, 2.75) is 31.8 Å². The molecule has 0 aromatic carbocycles. The van der Waals surface area contributed by atoms with Crippen LogP contribution in [0.4, 0.5) is 0 Å². The molecule has 4 nitrogen and oxygen atoms in total. The zero-order valence-electron chi connectivity index (χ0n) is 12.2. The Morgan fingerprint density at radius 2 is 1.67 bits per heavy atom. The second kappa shape index (κ2) is 5.66. The van der Waals surface area contributed by atoms with Gasteiger partial charge in [-0.15, -0.1) is 0 Å². The van der Waals surface area contributed by atoms with E-state index in [0.29, 0.717) is 30.3 Å². The number of hydrogen-bond acceptors (Lipinski definition) is 4. The van der Waals surface area contributed by atoms with Gasteiger partial charge >= 0.3 is 11.9 Å². The summed E-state index contributed by atoms with van der Waals surface area (Å²) < 4.78 is 10.7. The van der Waals surface area contributed by atoms with Gasteiger partial charge in [0.2, 0.25) is 0 Å². The van der Waals surface area contributed by atoms with Gasteiger partial charge in [0.05, 0.1) is 6.61 Å². The van der Waals surface area contributed by atoms with Gasteiger partial charge in [-0.25, -0.2) is 9.59 Å². The smallest absolute Gasteiger partial charge is 0.330 e. The summed E-state index contributed by atoms with van der Waals surface area (Å²) in [6, 6.07) is 0. The lowest BCUT2D eigenvalue weighted by Crippen LogP contribution is -2.31. The summed E-state index contributed by atoms with van der Waals surface area (Å²) in [5.41, 5.74) is 0. The molecule has 3 fully saturated rings. The summed E-state index contributed by atoms with van der Waals surface area (Å²) >= 11 is 0. The van der Waals surface area contributed by atoms with Crippen LogP contribution in [0.3, 0.4) is 0 Å². The van der Waals surface area contributed by atoms with Crippen LogP contribution < -0.4 is 0 Å². The van der Waals surface area contributed by atoms with Gasteiger partial charge in [0.15, 0.2) is 0 Å². The first-order valence-corrected chi connectivity index (χ1v) is 7.74. The number of hydrogen-bond donors (Lipinski definition) is 0. The topological polar surface area (TPSA) is 52.6 Å². The molecule has 0 aromatic rings. The molecule has 2 bridgehead atoms. The van der Waals surface area contributed by atoms with Crippen molar-refractivity contribution >= 4 is 11.9 Å². The van der Waals surface area contributed by atoms with Gasteiger partial charge in [0.1, 0.15) is 6.10 Å². The Kier molecular flexibility index (Phi) is 3.87. The van der Waals surface area contributed by atoms with E-state index in [2.05, 4.69) is 13.2 Å². The number of fused-ring (bicyclic) bond motifs is 5. The standard InChI is InChI=1S/C17H22O4/c1-3-16(18)20-9-10-5-12-11-7-14(13(12)6-10)15(8-11)21-17(19)4-2/h3-4,10-15H,1-2,5-9H2/t10?,11?,12-,13?,14?,15?/m1/s1. The predicted octanol–water partition coefficient (Wildman–Crippen LogP) is 2.50. The van der Waals surface area contributed by atoms with E-state index in [9.17, 15) is 9.59 Å². The van der Waals surface area contributed by atoms with Crippen molar-refractivity contribution in [2.24, 2.45) is 29.6 Å². The average molecular weight is 290 g/mol. The molecule has 0 aliphatic heterocycles. The molecular weight excluding hydrogens is 268 g/mol. The largest absolute Gasteiger partial charge is 0.462 e. The lowest BCUT2D eigenvalue weighted by atomic mass is 9.80. The minimum Gasteiger partial charge on any atom is -0.462 e. The molecule has 3 aliphatic carbocycles. The highest BCUT2D eigenvalue weighted by Crippen LogP contribution is 2.60. The van der Waals surface area contributed by atoms with Crippen LogP contribution in [-0.2, 0) is 19.1 Å². The van der Waals surface area contributed by atoms with E-state index in [1.54, 1.807) is 0 Å². The van der Waals surface area contributed by atoms with Gasteiger partial charge in [0.25, 0.3) is 0 Å². The van der Waals surface area contributed by atoms with E-state index >= 15 is 0 Å². The maximum absolute atomic E-state index is 11.4. The first-order valence-electron chi connectivity index (χ1n) is 7.74. The average Bonchev–Trinajstić information content (AvgIpc) is 3.14. The summed E-state index contributed by atoms with van der Waals surface area (Å²) in [6.07, 6.45) is 6.92. The number of carbonyl (C=O) groups is 2. The fraction of sp³-hybridized carbons (Fsp3) is 0.647. The molecule has 21 heavy (non-hydrogen) atoms. The van der Waals surface area contributed by atoms with Crippen LogP contribution >= 0.6 is 0 Å². The third-order valence-electron chi connectivity index (χ3n) is 5.57. The fourth-order valence-electron chi connectivity index (χ4n) is 4.85. The Morgan fingerprint density at radius 3 is 2.38 bits per heavy atom. The monoisotopic (exact) mass is 290 g/mol. The van der Waals surface area contributed by atoms with Crippen LogP contribution in [0, 0.1) is 29.6 Å². The van der Waals surface area contributed by atoms with Gasteiger partial charge in [-0.3, -0.25) is 0 Å². The molecule has 5 unspecified atom stereocenters. The summed E-state index contributed by atoms with van der Waals surface area (Å²) in [6.45, 7) is 7.37. The Morgan fingerprint density at radius 1 is 0.952 bits per heavy atom. The Balaban J connectivity index is 1.56. The second-order valence-corrected chi connectivity index (χ2v) is 6.57. The van der Waals surface area contributed by atoms with Crippen LogP contribution in [0.15, 0.2) is 25.3 Å². The van der Waals surface area contributed by atoms with Gasteiger partial charge in [0, 0.05) is 12.2 Å². The van der Waals surface area contributed by atoms with Gasteiger partial charge in [-0.05, 0) is 55.3 Å². The van der Waals surface area contributed by atoms with E-state index in [4.69, 9.17) is 9.47 Å². The van der Waals surface area contributed by atoms with Crippen molar-refractivity contribution in [3.63, 3.8) is 0 Å². The van der Waals surface area contributed by atoms with Crippen molar-refractivity contribution in [3.8, 4) is 0 Å². The van der Waals surface area contributed by atoms with E-state index in [1.165, 1.54) is 18.6 Å². The molecule has 0 N–H and O–H groups in total. The van der Waals surface area contributed by atoms with Crippen LogP contribution in [0.5, 0.6) is 0 Å². The number of rotatable bonds is 5. The van der Waals surface area contributed by atoms with Crippen LogP contribution in [0.1, 0.15) is 25.7 Å². The Hall–Kier alpha value is -1.58. The van der Waals surface area contributed by atoms with Crippen molar-refractivity contribution in [3.05, 3.63) is 25.3 Å². The fourth-order valence-corrected chi connectivity index (χ4v) is 4.85. The molecule has 114 valence electrons. The minimum atomic E-state index is -0.340. The molecule has 3 aliphatic rings. The van der Waals surface area contributed by atoms with Gasteiger partial charge in [-0.1, -0.05) is 13.2 Å². The van der Waals surface area contributed by atoms with Crippen LogP contribution in [0.2, 0.25) is 0 Å². The molecule has 0 aromatic heterocycles. The highest BCUT2D eigenvalue weighted by molar-refractivity contribution is 5.81. The third-order valence-corrected chi connectivity index (χ3v) is 5.57. The maximum atomic E-state index is 11.4. The third kappa shape index (κ3) is 2.63. The summed E-state index contributed by atoms with van der Waals surface area (Å²) in [4.78, 5) is 22.6. The lowest BCUT2D eigenvalue weighted by molar-refractivity contribution is -0.147. The van der Waals surface area contributed by atoms with Crippen molar-refractivity contribution < 1.29 is 19.1 Å². The molecule has 4 heteroatoms. The van der Waals surface area contributed by atoms with Crippen molar-refractivity contribution in [1.82, 2.24) is 0 Å². The van der Waals surface area contributed by atoms with Crippen molar-refractivity contribution in [2.75, 3.05) is 6.61 Å². The molecule has 0 radical (unpaired) electrons. The molecule has 6 atom stereocenters. The first-order chi connectivity index (χ1) is 10.1. The zero-order chi connectivity index (χ0) is 15.0. The molecule has 3 rings (SSSR count). The minimum absolute atomic E-state index is 0.0659. The molecule has 3 saturated carbocycles. The second-order valence-electron chi connectivity index (χ2n) is 6.57. The van der Waals surface area contributed by atoms with E-state index < -0.39 is 0 Å². The Labute approximate surface area is 125 Å². The molecule has 0 saturated heterocycles. The maximum Gasteiger partial charge on any atom is 0.330 e.